The van der Waals surface area contributed by atoms with Crippen LogP contribution >= 0.6 is 31.9 Å². The van der Waals surface area contributed by atoms with Gasteiger partial charge in [0.05, 0.1) is 5.69 Å². The van der Waals surface area contributed by atoms with Gasteiger partial charge >= 0.3 is 6.36 Å². The van der Waals surface area contributed by atoms with Crippen LogP contribution in [0, 0.1) is 0 Å². The first-order valence-electron chi connectivity index (χ1n) is 5.36. The predicted molar refractivity (Wildman–Crippen MR) is 75.2 cm³/mol. The second-order valence-corrected chi connectivity index (χ2v) is 5.44. The van der Waals surface area contributed by atoms with Crippen molar-refractivity contribution < 1.29 is 27.1 Å². The van der Waals surface area contributed by atoms with Gasteiger partial charge in [-0.05, 0) is 46.3 Å². The van der Waals surface area contributed by atoms with E-state index in [4.69, 9.17) is 4.42 Å². The molecule has 0 atom stereocenters. The Morgan fingerprint density at radius 2 is 1.90 bits per heavy atom. The van der Waals surface area contributed by atoms with E-state index in [0.29, 0.717) is 9.14 Å². The Morgan fingerprint density at radius 3 is 2.48 bits per heavy atom. The number of carbonyl (C=O) groups is 1. The fraction of sp³-hybridized carbons (Fsp3) is 0.0833. The summed E-state index contributed by atoms with van der Waals surface area (Å²) in [6.45, 7) is 0. The highest BCUT2D eigenvalue weighted by molar-refractivity contribution is 9.10. The topological polar surface area (TPSA) is 51.5 Å². The van der Waals surface area contributed by atoms with Crippen LogP contribution in [-0.4, -0.2) is 12.3 Å². The van der Waals surface area contributed by atoms with E-state index in [1.807, 2.05) is 0 Å². The number of ether oxygens (including phenoxy) is 1. The van der Waals surface area contributed by atoms with Crippen molar-refractivity contribution in [2.45, 2.75) is 6.36 Å². The predicted octanol–water partition coefficient (Wildman–Crippen LogP) is 4.96. The molecule has 0 spiro atoms. The quantitative estimate of drug-likeness (QED) is 0.752. The van der Waals surface area contributed by atoms with E-state index < -0.39 is 18.0 Å². The van der Waals surface area contributed by atoms with Crippen LogP contribution in [0.25, 0.3) is 0 Å². The SMILES string of the molecule is O=C(Nc1ccc(Br)cc1OC(F)(F)F)c1ccc(Br)o1. The van der Waals surface area contributed by atoms with Gasteiger partial charge in [0.2, 0.25) is 0 Å². The van der Waals surface area contributed by atoms with E-state index in [0.717, 1.165) is 6.07 Å². The van der Waals surface area contributed by atoms with Crippen molar-refractivity contribution in [3.8, 4) is 5.75 Å². The average Bonchev–Trinajstić information content (AvgIpc) is 2.77. The molecule has 1 aromatic carbocycles. The molecule has 1 heterocycles. The number of furan rings is 1. The van der Waals surface area contributed by atoms with Crippen LogP contribution in [0.4, 0.5) is 18.9 Å². The number of benzene rings is 1. The number of amides is 1. The average molecular weight is 429 g/mol. The van der Waals surface area contributed by atoms with Crippen LogP contribution < -0.4 is 10.1 Å². The molecule has 112 valence electrons. The molecule has 1 amide bonds. The lowest BCUT2D eigenvalue weighted by molar-refractivity contribution is -0.274. The molecule has 1 aromatic heterocycles. The van der Waals surface area contributed by atoms with Gasteiger partial charge in [0.15, 0.2) is 16.2 Å². The Balaban J connectivity index is 2.25. The molecule has 4 nitrogen and oxygen atoms in total. The van der Waals surface area contributed by atoms with Crippen molar-refractivity contribution in [1.29, 1.82) is 0 Å². The van der Waals surface area contributed by atoms with Crippen LogP contribution in [0.1, 0.15) is 10.6 Å². The molecular weight excluding hydrogens is 423 g/mol. The molecule has 0 aliphatic heterocycles. The first-order valence-corrected chi connectivity index (χ1v) is 6.95. The number of hydrogen-bond donors (Lipinski definition) is 1. The number of anilines is 1. The molecule has 0 aliphatic carbocycles. The van der Waals surface area contributed by atoms with E-state index in [1.165, 1.54) is 24.3 Å². The minimum atomic E-state index is -4.87. The van der Waals surface area contributed by atoms with Gasteiger partial charge in [-0.3, -0.25) is 4.79 Å². The largest absolute Gasteiger partial charge is 0.573 e. The minimum Gasteiger partial charge on any atom is -0.444 e. The lowest BCUT2D eigenvalue weighted by atomic mass is 10.3. The summed E-state index contributed by atoms with van der Waals surface area (Å²) >= 11 is 6.06. The van der Waals surface area contributed by atoms with Gasteiger partial charge in [0.25, 0.3) is 5.91 Å². The van der Waals surface area contributed by atoms with Crippen molar-refractivity contribution in [2.75, 3.05) is 5.32 Å². The van der Waals surface area contributed by atoms with Gasteiger partial charge in [-0.25, -0.2) is 0 Å². The van der Waals surface area contributed by atoms with Gasteiger partial charge in [-0.2, -0.15) is 0 Å². The summed E-state index contributed by atoms with van der Waals surface area (Å²) in [6.07, 6.45) is -4.87. The molecule has 9 heteroatoms. The summed E-state index contributed by atoms with van der Waals surface area (Å²) in [5.74, 6) is -1.28. The molecule has 0 fully saturated rings. The van der Waals surface area contributed by atoms with Gasteiger partial charge in [-0.15, -0.1) is 13.2 Å². The van der Waals surface area contributed by atoms with Crippen molar-refractivity contribution in [3.05, 3.63) is 45.2 Å². The summed E-state index contributed by atoms with van der Waals surface area (Å²) in [6, 6.07) is 6.71. The molecule has 0 radical (unpaired) electrons. The van der Waals surface area contributed by atoms with Crippen LogP contribution in [0.5, 0.6) is 5.75 Å². The van der Waals surface area contributed by atoms with Crippen molar-refractivity contribution >= 4 is 43.5 Å². The van der Waals surface area contributed by atoms with Gasteiger partial charge in [0, 0.05) is 4.47 Å². The number of halogens is 5. The van der Waals surface area contributed by atoms with Crippen molar-refractivity contribution in [1.82, 2.24) is 0 Å². The summed E-state index contributed by atoms with van der Waals surface area (Å²) in [5, 5.41) is 2.29. The van der Waals surface area contributed by atoms with Crippen LogP contribution in [0.2, 0.25) is 0 Å². The Morgan fingerprint density at radius 1 is 1.19 bits per heavy atom. The normalized spacial score (nSPS) is 11.3. The van der Waals surface area contributed by atoms with Crippen LogP contribution in [0.15, 0.2) is 43.9 Å². The third kappa shape index (κ3) is 4.50. The van der Waals surface area contributed by atoms with Gasteiger partial charge < -0.3 is 14.5 Å². The van der Waals surface area contributed by atoms with Gasteiger partial charge in [-0.1, -0.05) is 15.9 Å². The number of nitrogens with one attached hydrogen (secondary N) is 1. The molecular formula is C12H6Br2F3NO3. The second-order valence-electron chi connectivity index (χ2n) is 3.75. The zero-order valence-electron chi connectivity index (χ0n) is 10.0. The molecule has 2 rings (SSSR count). The zero-order chi connectivity index (χ0) is 15.6. The lowest BCUT2D eigenvalue weighted by Gasteiger charge is -2.13. The van der Waals surface area contributed by atoms with E-state index >= 15 is 0 Å². The summed E-state index contributed by atoms with van der Waals surface area (Å²) in [4.78, 5) is 11.9. The Kier molecular flexibility index (Phi) is 4.62. The number of alkyl halides is 3. The van der Waals surface area contributed by atoms with Crippen molar-refractivity contribution in [3.63, 3.8) is 0 Å². The number of rotatable bonds is 3. The molecule has 0 saturated heterocycles. The maximum atomic E-state index is 12.3. The highest BCUT2D eigenvalue weighted by atomic mass is 79.9. The molecule has 0 bridgehead atoms. The molecule has 2 aromatic rings. The standard InChI is InChI=1S/C12H6Br2F3NO3/c13-6-1-2-7(9(5-6)21-12(15,16)17)18-11(19)8-3-4-10(14)20-8/h1-5H,(H,18,19). The maximum absolute atomic E-state index is 12.3. The third-order valence-corrected chi connectivity index (χ3v) is 3.13. The summed E-state index contributed by atoms with van der Waals surface area (Å²) in [5.41, 5.74) is -0.131. The molecule has 1 N–H and O–H groups in total. The van der Waals surface area contributed by atoms with E-state index in [1.54, 1.807) is 0 Å². The second kappa shape index (κ2) is 6.10. The van der Waals surface area contributed by atoms with E-state index in [2.05, 4.69) is 41.9 Å². The minimum absolute atomic E-state index is 0.0530. The fourth-order valence-corrected chi connectivity index (χ4v) is 2.08. The fourth-order valence-electron chi connectivity index (χ4n) is 1.43. The van der Waals surface area contributed by atoms with E-state index in [-0.39, 0.29) is 11.4 Å². The smallest absolute Gasteiger partial charge is 0.444 e. The highest BCUT2D eigenvalue weighted by Gasteiger charge is 2.32. The summed E-state index contributed by atoms with van der Waals surface area (Å²) < 4.78 is 46.6. The monoisotopic (exact) mass is 427 g/mol. The maximum Gasteiger partial charge on any atom is 0.573 e. The Labute approximate surface area is 133 Å². The van der Waals surface area contributed by atoms with Crippen molar-refractivity contribution in [2.24, 2.45) is 0 Å². The first-order chi connectivity index (χ1) is 9.74. The molecule has 0 saturated carbocycles. The Bertz CT molecular complexity index is 670. The lowest BCUT2D eigenvalue weighted by Crippen LogP contribution is -2.19. The van der Waals surface area contributed by atoms with E-state index in [9.17, 15) is 18.0 Å². The number of carbonyl (C=O) groups excluding carboxylic acids is 1. The molecule has 21 heavy (non-hydrogen) atoms. The molecule has 0 aliphatic rings. The van der Waals surface area contributed by atoms with Gasteiger partial charge in [0.1, 0.15) is 0 Å². The first kappa shape index (κ1) is 15.9. The highest BCUT2D eigenvalue weighted by Crippen LogP contribution is 2.33. The Hall–Kier alpha value is -1.48. The summed E-state index contributed by atoms with van der Waals surface area (Å²) in [7, 11) is 0. The van der Waals surface area contributed by atoms with Crippen LogP contribution in [0.3, 0.4) is 0 Å². The number of hydrogen-bond acceptors (Lipinski definition) is 3. The third-order valence-electron chi connectivity index (χ3n) is 2.21. The van der Waals surface area contributed by atoms with Crippen LogP contribution in [-0.2, 0) is 0 Å². The zero-order valence-corrected chi connectivity index (χ0v) is 13.2. The molecule has 0 unspecified atom stereocenters.